The minimum Gasteiger partial charge on any atom is -0.477 e. The molecule has 16 heteroatoms. The number of aromatic nitrogens is 5. The second-order valence-electron chi connectivity index (χ2n) is 9.22. The van der Waals surface area contributed by atoms with E-state index < -0.39 is 30.7 Å². The van der Waals surface area contributed by atoms with Gasteiger partial charge in [-0.25, -0.2) is 9.78 Å². The zero-order valence-electron chi connectivity index (χ0n) is 22.4. The second kappa shape index (κ2) is 10.9. The van der Waals surface area contributed by atoms with Crippen molar-refractivity contribution in [3.8, 4) is 0 Å². The fourth-order valence-electron chi connectivity index (χ4n) is 4.11. The van der Waals surface area contributed by atoms with E-state index in [1.165, 1.54) is 38.2 Å². The van der Waals surface area contributed by atoms with Crippen molar-refractivity contribution in [2.45, 2.75) is 6.82 Å². The van der Waals surface area contributed by atoms with Gasteiger partial charge in [0.25, 0.3) is 17.7 Å². The van der Waals surface area contributed by atoms with Crippen LogP contribution < -0.4 is 21.2 Å². The number of imidazole rings is 1. The molecule has 0 bridgehead atoms. The molecule has 0 aromatic carbocycles. The number of carbonyl (C=O) groups is 4. The molecule has 0 unspecified atom stereocenters. The van der Waals surface area contributed by atoms with Gasteiger partial charge in [-0.15, -0.1) is 0 Å². The molecule has 0 aliphatic carbocycles. The van der Waals surface area contributed by atoms with Crippen molar-refractivity contribution < 1.29 is 29.3 Å². The molecule has 0 aliphatic rings. The highest BCUT2D eigenvalue weighted by Crippen LogP contribution is 2.19. The van der Waals surface area contributed by atoms with Crippen molar-refractivity contribution in [3.05, 3.63) is 65.9 Å². The van der Waals surface area contributed by atoms with E-state index in [1.54, 1.807) is 58.0 Å². The lowest BCUT2D eigenvalue weighted by Crippen LogP contribution is -2.19. The van der Waals surface area contributed by atoms with Gasteiger partial charge in [-0.1, -0.05) is 0 Å². The summed E-state index contributed by atoms with van der Waals surface area (Å²) in [7, 11) is 5.67. The predicted molar refractivity (Wildman–Crippen MR) is 148 cm³/mol. The van der Waals surface area contributed by atoms with E-state index in [9.17, 15) is 29.3 Å². The quantitative estimate of drug-likeness (QED) is 0.169. The van der Waals surface area contributed by atoms with E-state index in [0.717, 1.165) is 0 Å². The molecule has 0 saturated heterocycles. The zero-order chi connectivity index (χ0) is 29.3. The average Bonchev–Trinajstić information content (AvgIpc) is 3.59. The highest BCUT2D eigenvalue weighted by Gasteiger charge is 2.20. The second-order valence-corrected chi connectivity index (χ2v) is 9.22. The molecule has 4 aromatic heterocycles. The van der Waals surface area contributed by atoms with E-state index in [-0.39, 0.29) is 23.0 Å². The van der Waals surface area contributed by atoms with Crippen LogP contribution >= 0.6 is 0 Å². The summed E-state index contributed by atoms with van der Waals surface area (Å²) < 4.78 is 5.92. The summed E-state index contributed by atoms with van der Waals surface area (Å²) >= 11 is 0. The molecule has 40 heavy (non-hydrogen) atoms. The number of carboxylic acid groups (broad SMARTS) is 1. The van der Waals surface area contributed by atoms with Crippen molar-refractivity contribution >= 4 is 53.6 Å². The first-order valence-electron chi connectivity index (χ1n) is 12.0. The predicted octanol–water partition coefficient (Wildman–Crippen LogP) is 1.41. The Morgan fingerprint density at radius 3 is 1.73 bits per heavy atom. The summed E-state index contributed by atoms with van der Waals surface area (Å²) in [4.78, 5) is 53.9. The fraction of sp³-hybridized carbons (Fsp3) is 0.208. The third-order valence-corrected chi connectivity index (χ3v) is 5.91. The van der Waals surface area contributed by atoms with Crippen LogP contribution in [0, 0.1) is 0 Å². The number of hydrogen-bond donors (Lipinski definition) is 6. The highest BCUT2D eigenvalue weighted by molar-refractivity contribution is 6.52. The molecule has 4 aromatic rings. The highest BCUT2D eigenvalue weighted by atomic mass is 16.4. The van der Waals surface area contributed by atoms with Crippen molar-refractivity contribution in [2.75, 3.05) is 21.2 Å². The Labute approximate surface area is 228 Å². The smallest absolute Gasteiger partial charge is 0.406 e. The van der Waals surface area contributed by atoms with Crippen LogP contribution in [0.2, 0.25) is 6.82 Å². The Hall–Kier alpha value is -5.25. The minimum atomic E-state index is -1.12. The lowest BCUT2D eigenvalue weighted by molar-refractivity contribution is 0.0685. The molecule has 4 rings (SSSR count). The van der Waals surface area contributed by atoms with E-state index in [1.807, 2.05) is 0 Å². The number of rotatable bonds is 9. The monoisotopic (exact) mass is 549 g/mol. The van der Waals surface area contributed by atoms with Crippen LogP contribution in [0.25, 0.3) is 0 Å². The normalized spacial score (nSPS) is 10.8. The molecule has 0 saturated carbocycles. The number of carbonyl (C=O) groups excluding carboxylic acids is 3. The first-order valence-corrected chi connectivity index (χ1v) is 12.0. The van der Waals surface area contributed by atoms with Gasteiger partial charge in [-0.05, 0) is 25.0 Å². The van der Waals surface area contributed by atoms with Crippen molar-refractivity contribution in [1.29, 1.82) is 0 Å². The third-order valence-electron chi connectivity index (χ3n) is 5.91. The molecule has 0 spiro atoms. The summed E-state index contributed by atoms with van der Waals surface area (Å²) in [5.41, 5.74) is 1.74. The molecule has 15 nitrogen and oxygen atoms in total. The SMILES string of the molecule is CB(O)Nc1cc(C(=O)Nc2cn(C)c(C(=O)Nc3cc(C(=O)Nc4cc(C(=O)O)n(C)c4)n(C)c3)n2)n(C)c1. The molecule has 6 N–H and O–H groups in total. The van der Waals surface area contributed by atoms with Crippen LogP contribution in [-0.2, 0) is 28.2 Å². The van der Waals surface area contributed by atoms with Gasteiger partial charge in [0.15, 0.2) is 5.82 Å². The summed E-state index contributed by atoms with van der Waals surface area (Å²) in [5.74, 6) is -2.49. The fourth-order valence-corrected chi connectivity index (χ4v) is 4.11. The number of nitrogens with zero attached hydrogens (tertiary/aromatic N) is 5. The number of aromatic carboxylic acids is 1. The molecule has 4 heterocycles. The van der Waals surface area contributed by atoms with Crippen LogP contribution in [0.4, 0.5) is 22.9 Å². The molecule has 208 valence electrons. The van der Waals surface area contributed by atoms with Crippen LogP contribution in [0.5, 0.6) is 0 Å². The summed E-state index contributed by atoms with van der Waals surface area (Å²) in [5, 5.41) is 29.5. The maximum absolute atomic E-state index is 12.9. The van der Waals surface area contributed by atoms with Gasteiger partial charge in [0.2, 0.25) is 5.82 Å². The van der Waals surface area contributed by atoms with Crippen LogP contribution in [-0.4, -0.2) is 64.1 Å². The van der Waals surface area contributed by atoms with Gasteiger partial charge >= 0.3 is 13.0 Å². The molecule has 0 radical (unpaired) electrons. The van der Waals surface area contributed by atoms with Gasteiger partial charge in [-0.2, -0.15) is 0 Å². The van der Waals surface area contributed by atoms with Crippen LogP contribution in [0.15, 0.2) is 43.0 Å². The standard InChI is InChI=1S/C24H28BN9O6/c1-25(40)30-15-8-17(32(3)11-15)22(36)29-19-12-34(5)20(28-19)23(37)27-13-6-16(31(2)9-13)21(35)26-14-7-18(24(38)39)33(4)10-14/h6-12,30,40H,1-5H3,(H,26,35)(H,27,37)(H,29,36)(H,38,39). The van der Waals surface area contributed by atoms with E-state index in [4.69, 9.17) is 0 Å². The lowest BCUT2D eigenvalue weighted by Gasteiger charge is -2.03. The number of nitrogens with one attached hydrogen (secondary N) is 4. The van der Waals surface area contributed by atoms with Crippen LogP contribution in [0.3, 0.4) is 0 Å². The topological polar surface area (TPSA) is 189 Å². The van der Waals surface area contributed by atoms with Gasteiger partial charge in [-0.3, -0.25) is 14.4 Å². The maximum Gasteiger partial charge on any atom is 0.406 e. The molecule has 3 amide bonds. The Balaban J connectivity index is 1.43. The number of amides is 3. The first kappa shape index (κ1) is 27.8. The largest absolute Gasteiger partial charge is 0.477 e. The van der Waals surface area contributed by atoms with Crippen LogP contribution in [0.1, 0.15) is 42.1 Å². The number of carboxylic acids is 1. The summed E-state index contributed by atoms with van der Waals surface area (Å²) in [6, 6.07) is 4.38. The first-order chi connectivity index (χ1) is 18.8. The van der Waals surface area contributed by atoms with Gasteiger partial charge in [0.1, 0.15) is 17.1 Å². The Morgan fingerprint density at radius 2 is 1.18 bits per heavy atom. The molecular weight excluding hydrogens is 521 g/mol. The molecular formula is C24H28BN9O6. The molecule has 0 atom stereocenters. The lowest BCUT2D eigenvalue weighted by atomic mass is 9.89. The zero-order valence-corrected chi connectivity index (χ0v) is 22.4. The van der Waals surface area contributed by atoms with E-state index >= 15 is 0 Å². The minimum absolute atomic E-state index is 0.0129. The van der Waals surface area contributed by atoms with Crippen molar-refractivity contribution in [2.24, 2.45) is 28.2 Å². The number of hydrogen-bond acceptors (Lipinski definition) is 7. The third kappa shape index (κ3) is 5.91. The average molecular weight is 549 g/mol. The number of anilines is 4. The maximum atomic E-state index is 12.9. The van der Waals surface area contributed by atoms with Crippen molar-refractivity contribution in [1.82, 2.24) is 23.3 Å². The molecule has 0 fully saturated rings. The summed E-state index contributed by atoms with van der Waals surface area (Å²) in [6.45, 7) is 1.56. The number of aryl methyl sites for hydroxylation is 4. The van der Waals surface area contributed by atoms with Crippen molar-refractivity contribution in [3.63, 3.8) is 0 Å². The molecule has 0 aliphatic heterocycles. The Bertz CT molecular complexity index is 1630. The van der Waals surface area contributed by atoms with Gasteiger partial charge < -0.3 is 49.6 Å². The van der Waals surface area contributed by atoms with Gasteiger partial charge in [0.05, 0.1) is 11.4 Å². The van der Waals surface area contributed by atoms with Gasteiger partial charge in [0, 0.05) is 58.7 Å². The van der Waals surface area contributed by atoms with E-state index in [0.29, 0.717) is 22.8 Å². The van der Waals surface area contributed by atoms with E-state index in [2.05, 4.69) is 26.2 Å². The Kier molecular flexibility index (Phi) is 7.54. The Morgan fingerprint density at radius 1 is 0.700 bits per heavy atom. The summed E-state index contributed by atoms with van der Waals surface area (Å²) in [6.07, 6.45) is 6.16.